The largest absolute Gasteiger partial charge is 0.494 e. The van der Waals surface area contributed by atoms with Crippen molar-refractivity contribution in [3.8, 4) is 5.75 Å². The van der Waals surface area contributed by atoms with Gasteiger partial charge < -0.3 is 4.74 Å². The van der Waals surface area contributed by atoms with Gasteiger partial charge in [-0.15, -0.1) is 11.3 Å². The first-order valence-electron chi connectivity index (χ1n) is 4.40. The molecule has 0 spiro atoms. The minimum atomic E-state index is 0.0178. The zero-order valence-corrected chi connectivity index (χ0v) is 9.91. The minimum absolute atomic E-state index is 0.0178. The summed E-state index contributed by atoms with van der Waals surface area (Å²) in [6, 6.07) is 5.51. The van der Waals surface area contributed by atoms with Crippen LogP contribution in [0.2, 0.25) is 5.02 Å². The Bertz CT molecular complexity index is 531. The predicted molar refractivity (Wildman–Crippen MR) is 63.4 cm³/mol. The van der Waals surface area contributed by atoms with Crippen molar-refractivity contribution in [2.24, 2.45) is 0 Å². The maximum atomic E-state index is 11.4. The second kappa shape index (κ2) is 3.83. The summed E-state index contributed by atoms with van der Waals surface area (Å²) in [5, 5.41) is 1.61. The highest BCUT2D eigenvalue weighted by Crippen LogP contribution is 2.38. The molecule has 0 radical (unpaired) electrons. The number of ketones is 1. The first-order valence-corrected chi connectivity index (χ1v) is 5.60. The van der Waals surface area contributed by atoms with Crippen molar-refractivity contribution in [3.05, 3.63) is 28.1 Å². The van der Waals surface area contributed by atoms with E-state index in [-0.39, 0.29) is 5.78 Å². The molecule has 1 aromatic heterocycles. The monoisotopic (exact) mass is 240 g/mol. The van der Waals surface area contributed by atoms with Crippen molar-refractivity contribution in [1.82, 2.24) is 0 Å². The zero-order valence-electron chi connectivity index (χ0n) is 8.33. The molecule has 0 atom stereocenters. The molecule has 0 unspecified atom stereocenters. The molecule has 0 N–H and O–H groups in total. The van der Waals surface area contributed by atoms with Gasteiger partial charge in [-0.05, 0) is 18.2 Å². The molecule has 0 amide bonds. The highest BCUT2D eigenvalue weighted by Gasteiger charge is 2.15. The number of ether oxygens (including phenoxy) is 1. The second-order valence-corrected chi connectivity index (χ2v) is 4.65. The van der Waals surface area contributed by atoms with Crippen LogP contribution in [-0.2, 0) is 0 Å². The molecule has 0 saturated heterocycles. The van der Waals surface area contributed by atoms with E-state index in [2.05, 4.69) is 0 Å². The molecule has 0 aliphatic rings. The average molecular weight is 241 g/mol. The topological polar surface area (TPSA) is 26.3 Å². The van der Waals surface area contributed by atoms with Gasteiger partial charge in [0.25, 0.3) is 0 Å². The minimum Gasteiger partial charge on any atom is -0.494 e. The normalized spacial score (nSPS) is 10.6. The van der Waals surface area contributed by atoms with E-state index in [1.807, 2.05) is 12.1 Å². The van der Waals surface area contributed by atoms with E-state index < -0.39 is 0 Å². The smallest absolute Gasteiger partial charge is 0.173 e. The lowest BCUT2D eigenvalue weighted by Gasteiger charge is -1.99. The number of hydrogen-bond acceptors (Lipinski definition) is 3. The molecule has 0 aliphatic heterocycles. The lowest BCUT2D eigenvalue weighted by molar-refractivity contribution is 0.101. The number of rotatable bonds is 2. The van der Waals surface area contributed by atoms with Crippen molar-refractivity contribution in [2.45, 2.75) is 6.92 Å². The van der Waals surface area contributed by atoms with E-state index in [0.29, 0.717) is 15.6 Å². The van der Waals surface area contributed by atoms with Gasteiger partial charge in [0, 0.05) is 22.0 Å². The molecule has 1 aromatic carbocycles. The number of benzene rings is 1. The summed E-state index contributed by atoms with van der Waals surface area (Å²) in [5.74, 6) is 0.670. The molecule has 2 rings (SSSR count). The molecule has 2 nitrogen and oxygen atoms in total. The first kappa shape index (κ1) is 10.5. The van der Waals surface area contributed by atoms with Crippen LogP contribution in [0.25, 0.3) is 10.1 Å². The molecule has 2 aromatic rings. The van der Waals surface area contributed by atoms with Crippen LogP contribution in [0.3, 0.4) is 0 Å². The number of hydrogen-bond donors (Lipinski definition) is 0. The van der Waals surface area contributed by atoms with Gasteiger partial charge in [-0.25, -0.2) is 0 Å². The van der Waals surface area contributed by atoms with Crippen molar-refractivity contribution < 1.29 is 9.53 Å². The lowest BCUT2D eigenvalue weighted by Crippen LogP contribution is -1.91. The molecule has 0 fully saturated rings. The van der Waals surface area contributed by atoms with Crippen LogP contribution in [0.15, 0.2) is 18.2 Å². The molecule has 4 heteroatoms. The highest BCUT2D eigenvalue weighted by molar-refractivity contribution is 7.21. The van der Waals surface area contributed by atoms with E-state index in [9.17, 15) is 4.79 Å². The van der Waals surface area contributed by atoms with Crippen molar-refractivity contribution in [3.63, 3.8) is 0 Å². The molecule has 78 valence electrons. The fourth-order valence-electron chi connectivity index (χ4n) is 1.48. The average Bonchev–Trinajstić information content (AvgIpc) is 2.55. The number of carbonyl (C=O) groups is 1. The Morgan fingerprint density at radius 2 is 2.20 bits per heavy atom. The summed E-state index contributed by atoms with van der Waals surface area (Å²) in [4.78, 5) is 12.0. The van der Waals surface area contributed by atoms with E-state index in [1.165, 1.54) is 18.3 Å². The van der Waals surface area contributed by atoms with Gasteiger partial charge in [0.1, 0.15) is 10.6 Å². The van der Waals surface area contributed by atoms with E-state index in [4.69, 9.17) is 16.3 Å². The van der Waals surface area contributed by atoms with E-state index >= 15 is 0 Å². The Labute approximate surface area is 96.4 Å². The fourth-order valence-corrected chi connectivity index (χ4v) is 2.82. The fraction of sp³-hybridized carbons (Fsp3) is 0.182. The summed E-state index contributed by atoms with van der Waals surface area (Å²) >= 11 is 7.30. The van der Waals surface area contributed by atoms with Crippen LogP contribution in [-0.4, -0.2) is 12.9 Å². The van der Waals surface area contributed by atoms with Gasteiger partial charge in [0.15, 0.2) is 5.78 Å². The van der Waals surface area contributed by atoms with Gasteiger partial charge >= 0.3 is 0 Å². The molecule has 0 bridgehead atoms. The number of fused-ring (bicyclic) bond motifs is 1. The van der Waals surface area contributed by atoms with Crippen molar-refractivity contribution >= 4 is 38.8 Å². The predicted octanol–water partition coefficient (Wildman–Crippen LogP) is 3.77. The third kappa shape index (κ3) is 1.73. The summed E-state index contributed by atoms with van der Waals surface area (Å²) in [7, 11) is 1.57. The van der Waals surface area contributed by atoms with Crippen molar-refractivity contribution in [1.29, 1.82) is 0 Å². The van der Waals surface area contributed by atoms with Crippen molar-refractivity contribution in [2.75, 3.05) is 7.11 Å². The molecular weight excluding hydrogens is 232 g/mol. The summed E-state index contributed by atoms with van der Waals surface area (Å²) in [5.41, 5.74) is 0. The third-order valence-electron chi connectivity index (χ3n) is 2.13. The van der Waals surface area contributed by atoms with E-state index in [0.717, 1.165) is 10.1 Å². The Hall–Kier alpha value is -1.06. The van der Waals surface area contributed by atoms with Crippen LogP contribution in [0.1, 0.15) is 16.6 Å². The molecule has 0 aliphatic carbocycles. The van der Waals surface area contributed by atoms with Gasteiger partial charge in [-0.1, -0.05) is 11.6 Å². The molecule has 1 heterocycles. The molecular formula is C11H9ClO2S. The van der Waals surface area contributed by atoms with Gasteiger partial charge in [0.2, 0.25) is 0 Å². The number of halogens is 1. The van der Waals surface area contributed by atoms with E-state index in [1.54, 1.807) is 13.2 Å². The zero-order chi connectivity index (χ0) is 11.0. The van der Waals surface area contributed by atoms with Crippen LogP contribution in [0.5, 0.6) is 5.75 Å². The summed E-state index contributed by atoms with van der Waals surface area (Å²) < 4.78 is 6.22. The Morgan fingerprint density at radius 3 is 2.80 bits per heavy atom. The maximum Gasteiger partial charge on any atom is 0.173 e. The maximum absolute atomic E-state index is 11.4. The third-order valence-corrected chi connectivity index (χ3v) is 3.60. The SMILES string of the molecule is COc1c(C(C)=O)sc2cc(Cl)ccc12. The summed E-state index contributed by atoms with van der Waals surface area (Å²) in [6.45, 7) is 1.54. The quantitative estimate of drug-likeness (QED) is 0.747. The van der Waals surface area contributed by atoms with Gasteiger partial charge in [0.05, 0.1) is 7.11 Å². The Balaban J connectivity index is 2.78. The number of thiophene rings is 1. The first-order chi connectivity index (χ1) is 7.13. The van der Waals surface area contributed by atoms with Crippen LogP contribution in [0, 0.1) is 0 Å². The second-order valence-electron chi connectivity index (χ2n) is 3.16. The van der Waals surface area contributed by atoms with Crippen LogP contribution >= 0.6 is 22.9 Å². The van der Waals surface area contributed by atoms with Gasteiger partial charge in [-0.2, -0.15) is 0 Å². The highest BCUT2D eigenvalue weighted by atomic mass is 35.5. The number of Topliss-reactive ketones (excluding diaryl/α,β-unsaturated/α-hetero) is 1. The van der Waals surface area contributed by atoms with Crippen LogP contribution in [0.4, 0.5) is 0 Å². The molecule has 15 heavy (non-hydrogen) atoms. The standard InChI is InChI=1S/C11H9ClO2S/c1-6(13)11-10(14-2)8-4-3-7(12)5-9(8)15-11/h3-5H,1-2H3. The van der Waals surface area contributed by atoms with Crippen LogP contribution < -0.4 is 4.74 Å². The van der Waals surface area contributed by atoms with Gasteiger partial charge in [-0.3, -0.25) is 4.79 Å². The summed E-state index contributed by atoms with van der Waals surface area (Å²) in [6.07, 6.45) is 0. The Kier molecular flexibility index (Phi) is 2.67. The lowest BCUT2D eigenvalue weighted by atomic mass is 10.2. The molecule has 0 saturated carbocycles. The number of carbonyl (C=O) groups excluding carboxylic acids is 1. The Morgan fingerprint density at radius 1 is 1.47 bits per heavy atom. The number of methoxy groups -OCH3 is 1.